The maximum atomic E-state index is 6.10. The molecule has 0 spiro atoms. The molecule has 15 heavy (non-hydrogen) atoms. The maximum Gasteiger partial charge on any atom is 0.111 e. The molecule has 2 aromatic rings. The molecule has 80 valence electrons. The minimum Gasteiger partial charge on any atom is -0.322 e. The molecule has 0 fully saturated rings. The van der Waals surface area contributed by atoms with Gasteiger partial charge in [-0.15, -0.1) is 11.3 Å². The van der Waals surface area contributed by atoms with Crippen LogP contribution in [0.4, 0.5) is 0 Å². The second-order valence-corrected chi connectivity index (χ2v) is 5.31. The first kappa shape index (κ1) is 10.6. The van der Waals surface area contributed by atoms with Crippen LogP contribution >= 0.6 is 11.3 Å². The summed E-state index contributed by atoms with van der Waals surface area (Å²) in [4.78, 5) is 4.63. The van der Waals surface area contributed by atoms with E-state index in [1.54, 1.807) is 11.3 Å². The summed E-state index contributed by atoms with van der Waals surface area (Å²) in [5.74, 6) is 0.436. The van der Waals surface area contributed by atoms with Crippen LogP contribution in [0.5, 0.6) is 0 Å². The number of hydrogen-bond acceptors (Lipinski definition) is 3. The molecule has 1 atom stereocenters. The number of nitrogens with zero attached hydrogens (tertiary/aromatic N) is 1. The normalized spacial score (nSPS) is 13.7. The lowest BCUT2D eigenvalue weighted by atomic mass is 10.1. The molecule has 2 nitrogen and oxygen atoms in total. The molecule has 2 N–H and O–H groups in total. The Morgan fingerprint density at radius 3 is 2.67 bits per heavy atom. The minimum absolute atomic E-state index is 0.0572. The van der Waals surface area contributed by atoms with Gasteiger partial charge in [0.2, 0.25) is 0 Å². The smallest absolute Gasteiger partial charge is 0.111 e. The van der Waals surface area contributed by atoms with Gasteiger partial charge in [0.25, 0.3) is 0 Å². The molecule has 0 aliphatic heterocycles. The predicted octanol–water partition coefficient (Wildman–Crippen LogP) is 3.26. The quantitative estimate of drug-likeness (QED) is 0.843. The lowest BCUT2D eigenvalue weighted by molar-refractivity contribution is 0.513. The summed E-state index contributed by atoms with van der Waals surface area (Å²) in [6.45, 7) is 6.35. The molecule has 0 saturated carbocycles. The van der Waals surface area contributed by atoms with E-state index in [-0.39, 0.29) is 6.04 Å². The van der Waals surface area contributed by atoms with E-state index in [2.05, 4.69) is 44.0 Å². The Labute approximate surface area is 94.1 Å². The Balaban J connectivity index is 2.52. The van der Waals surface area contributed by atoms with E-state index in [1.807, 2.05) is 0 Å². The molecule has 0 unspecified atom stereocenters. The zero-order valence-corrected chi connectivity index (χ0v) is 10.1. The molecule has 2 rings (SSSR count). The average Bonchev–Trinajstić information content (AvgIpc) is 2.61. The lowest BCUT2D eigenvalue weighted by Gasteiger charge is -2.11. The van der Waals surface area contributed by atoms with E-state index in [0.717, 1.165) is 10.5 Å². The summed E-state index contributed by atoms with van der Waals surface area (Å²) in [5.41, 5.74) is 8.43. The van der Waals surface area contributed by atoms with Crippen molar-refractivity contribution in [3.8, 4) is 0 Å². The van der Waals surface area contributed by atoms with Crippen molar-refractivity contribution in [3.05, 3.63) is 28.8 Å². The number of aromatic nitrogens is 1. The van der Waals surface area contributed by atoms with Gasteiger partial charge in [0.1, 0.15) is 5.01 Å². The van der Waals surface area contributed by atoms with E-state index in [1.165, 1.54) is 10.3 Å². The maximum absolute atomic E-state index is 6.10. The molecule has 3 heteroatoms. The molecule has 0 bridgehead atoms. The number of benzene rings is 1. The van der Waals surface area contributed by atoms with Crippen molar-refractivity contribution in [1.29, 1.82) is 0 Å². The number of nitrogens with two attached hydrogens (primary N) is 1. The molecule has 0 amide bonds. The highest BCUT2D eigenvalue weighted by Gasteiger charge is 2.15. The number of rotatable bonds is 2. The molecule has 1 aromatic heterocycles. The standard InChI is InChI=1S/C12H16N2S/c1-7(2)10(13)12-14-11-8(3)5-4-6-9(11)15-12/h4-7,10H,13H2,1-3H3/t10-/m0/s1. The minimum atomic E-state index is 0.0572. The number of thiazole rings is 1. The molecule has 1 heterocycles. The highest BCUT2D eigenvalue weighted by Crippen LogP contribution is 2.29. The Bertz CT molecular complexity index is 473. The zero-order chi connectivity index (χ0) is 11.0. The number of aryl methyl sites for hydroxylation is 1. The summed E-state index contributed by atoms with van der Waals surface area (Å²) < 4.78 is 1.24. The van der Waals surface area contributed by atoms with Crippen LogP contribution in [0.25, 0.3) is 10.2 Å². The summed E-state index contributed by atoms with van der Waals surface area (Å²) in [5, 5.41) is 1.05. The topological polar surface area (TPSA) is 38.9 Å². The first-order valence-electron chi connectivity index (χ1n) is 5.21. The third-order valence-electron chi connectivity index (χ3n) is 2.64. The Hall–Kier alpha value is -0.930. The largest absolute Gasteiger partial charge is 0.322 e. The first-order valence-corrected chi connectivity index (χ1v) is 6.03. The number of para-hydroxylation sites is 1. The van der Waals surface area contributed by atoms with Crippen molar-refractivity contribution in [2.45, 2.75) is 26.8 Å². The number of hydrogen-bond donors (Lipinski definition) is 1. The van der Waals surface area contributed by atoms with Gasteiger partial charge in [-0.05, 0) is 24.5 Å². The lowest BCUT2D eigenvalue weighted by Crippen LogP contribution is -2.16. The van der Waals surface area contributed by atoms with Gasteiger partial charge in [-0.25, -0.2) is 4.98 Å². The molecule has 0 aliphatic carbocycles. The van der Waals surface area contributed by atoms with Crippen LogP contribution in [0.2, 0.25) is 0 Å². The monoisotopic (exact) mass is 220 g/mol. The molecule has 0 radical (unpaired) electrons. The van der Waals surface area contributed by atoms with Crippen molar-refractivity contribution in [2.75, 3.05) is 0 Å². The fourth-order valence-electron chi connectivity index (χ4n) is 1.53. The summed E-state index contributed by atoms with van der Waals surface area (Å²) in [7, 11) is 0. The van der Waals surface area contributed by atoms with E-state index in [9.17, 15) is 0 Å². The second kappa shape index (κ2) is 3.91. The van der Waals surface area contributed by atoms with E-state index >= 15 is 0 Å². The van der Waals surface area contributed by atoms with Gasteiger partial charge in [-0.1, -0.05) is 26.0 Å². The average molecular weight is 220 g/mol. The van der Waals surface area contributed by atoms with Crippen LogP contribution < -0.4 is 5.73 Å². The van der Waals surface area contributed by atoms with Crippen molar-refractivity contribution in [1.82, 2.24) is 4.98 Å². The molecule has 0 aliphatic rings. The Morgan fingerprint density at radius 2 is 2.07 bits per heavy atom. The predicted molar refractivity (Wildman–Crippen MR) is 66.1 cm³/mol. The second-order valence-electron chi connectivity index (χ2n) is 4.24. The Kier molecular flexibility index (Phi) is 2.76. The zero-order valence-electron chi connectivity index (χ0n) is 9.32. The van der Waals surface area contributed by atoms with E-state index < -0.39 is 0 Å². The SMILES string of the molecule is Cc1cccc2sc([C@@H](N)C(C)C)nc12. The van der Waals surface area contributed by atoms with Gasteiger partial charge in [-0.2, -0.15) is 0 Å². The van der Waals surface area contributed by atoms with Crippen LogP contribution in [0.15, 0.2) is 18.2 Å². The van der Waals surface area contributed by atoms with E-state index in [0.29, 0.717) is 5.92 Å². The highest BCUT2D eigenvalue weighted by atomic mass is 32.1. The fraction of sp³-hybridized carbons (Fsp3) is 0.417. The summed E-state index contributed by atoms with van der Waals surface area (Å²) >= 11 is 1.71. The van der Waals surface area contributed by atoms with Crippen molar-refractivity contribution in [3.63, 3.8) is 0 Å². The molecular weight excluding hydrogens is 204 g/mol. The summed E-state index contributed by atoms with van der Waals surface area (Å²) in [6.07, 6.45) is 0. The highest BCUT2D eigenvalue weighted by molar-refractivity contribution is 7.18. The van der Waals surface area contributed by atoms with Gasteiger partial charge < -0.3 is 5.73 Å². The first-order chi connectivity index (χ1) is 7.09. The molecule has 1 aromatic carbocycles. The molecule has 0 saturated heterocycles. The van der Waals surface area contributed by atoms with Gasteiger partial charge in [0.05, 0.1) is 16.3 Å². The van der Waals surface area contributed by atoms with E-state index in [4.69, 9.17) is 5.73 Å². The van der Waals surface area contributed by atoms with Crippen molar-refractivity contribution >= 4 is 21.6 Å². The third kappa shape index (κ3) is 1.90. The van der Waals surface area contributed by atoms with Gasteiger partial charge >= 0.3 is 0 Å². The van der Waals surface area contributed by atoms with Crippen LogP contribution in [0.3, 0.4) is 0 Å². The van der Waals surface area contributed by atoms with Gasteiger partial charge in [-0.3, -0.25) is 0 Å². The van der Waals surface area contributed by atoms with Crippen molar-refractivity contribution in [2.24, 2.45) is 11.7 Å². The van der Waals surface area contributed by atoms with Crippen molar-refractivity contribution < 1.29 is 0 Å². The fourth-order valence-corrected chi connectivity index (χ4v) is 2.75. The van der Waals surface area contributed by atoms with Crippen LogP contribution in [0, 0.1) is 12.8 Å². The van der Waals surface area contributed by atoms with Crippen LogP contribution in [-0.2, 0) is 0 Å². The van der Waals surface area contributed by atoms with Gasteiger partial charge in [0.15, 0.2) is 0 Å². The summed E-state index contributed by atoms with van der Waals surface area (Å²) in [6, 6.07) is 6.32. The van der Waals surface area contributed by atoms with Crippen LogP contribution in [0.1, 0.15) is 30.5 Å². The van der Waals surface area contributed by atoms with Crippen LogP contribution in [-0.4, -0.2) is 4.98 Å². The third-order valence-corrected chi connectivity index (χ3v) is 3.76. The Morgan fingerprint density at radius 1 is 1.33 bits per heavy atom. The molecular formula is C12H16N2S. The number of fused-ring (bicyclic) bond motifs is 1. The van der Waals surface area contributed by atoms with Gasteiger partial charge in [0, 0.05) is 0 Å².